The number of nitrogens with two attached hydrogens (primary N) is 2. The van der Waals surface area contributed by atoms with Crippen LogP contribution in [0.4, 0.5) is 0 Å². The highest BCUT2D eigenvalue weighted by Crippen LogP contribution is 1.97. The SMILES string of the molecule is C#CCOCCOCCOCCOCCC(=O)NCCOCCOCCOCCOCCOCCOCCOCCOCCOCCOCCOCCOCCOCCOCCOCCOCCOCCOCCOCCOCCOCCOCCOCCOCCOCCOCCOCCOCCOCCOCCOCCOCCOCCOCCOCCOCCC(=O)NC.CN.CN. The molecule has 0 heterocycles. The molecule has 0 aromatic heterocycles. The van der Waals surface area contributed by atoms with Gasteiger partial charge in [0.15, 0.2) is 0 Å². The number of carbonyl (C=O) groups is 2. The molecule has 136 heavy (non-hydrogen) atoms. The highest BCUT2D eigenvalue weighted by molar-refractivity contribution is 5.76. The molecule has 6 N–H and O–H groups in total. The summed E-state index contributed by atoms with van der Waals surface area (Å²) >= 11 is 0. The maximum atomic E-state index is 11.9. The van der Waals surface area contributed by atoms with Crippen LogP contribution in [0, 0.1) is 12.3 Å². The van der Waals surface area contributed by atoms with Gasteiger partial charge in [-0.2, -0.15) is 0 Å². The van der Waals surface area contributed by atoms with E-state index in [0.29, 0.717) is 535 Å². The second kappa shape index (κ2) is 136. The number of terminal acetylenes is 1. The predicted octanol–water partition coefficient (Wildman–Crippen LogP) is -0.924. The Hall–Kier alpha value is -3.18. The fourth-order valence-corrected chi connectivity index (χ4v) is 9.40. The first-order valence-electron chi connectivity index (χ1n) is 47.9. The Morgan fingerprint density at radius 1 is 0.162 bits per heavy atom. The monoisotopic (exact) mass is 1990 g/mol. The van der Waals surface area contributed by atoms with Gasteiger partial charge < -0.3 is 212 Å². The molecule has 0 radical (unpaired) electrons. The van der Waals surface area contributed by atoms with Gasteiger partial charge in [0.1, 0.15) is 6.61 Å². The lowest BCUT2D eigenvalue weighted by Gasteiger charge is -2.09. The molecule has 0 aliphatic rings. The van der Waals surface area contributed by atoms with E-state index < -0.39 is 0 Å². The molecule has 0 saturated heterocycles. The fraction of sp³-hybridized carbons (Fsp3) is 0.956. The third-order valence-corrected chi connectivity index (χ3v) is 16.1. The molecule has 0 unspecified atom stereocenters. The summed E-state index contributed by atoms with van der Waals surface area (Å²) in [5.41, 5.74) is 9.00. The van der Waals surface area contributed by atoms with E-state index in [9.17, 15) is 9.59 Å². The van der Waals surface area contributed by atoms with E-state index in [2.05, 4.69) is 28.0 Å². The Balaban J connectivity index is -0.0000436. The zero-order chi connectivity index (χ0) is 98.3. The van der Waals surface area contributed by atoms with E-state index in [-0.39, 0.29) is 24.8 Å². The van der Waals surface area contributed by atoms with Crippen LogP contribution in [0.1, 0.15) is 12.8 Å². The van der Waals surface area contributed by atoms with E-state index in [1.54, 1.807) is 7.05 Å². The topological polar surface area (TPSA) is 479 Å². The number of rotatable bonds is 124. The van der Waals surface area contributed by atoms with Crippen molar-refractivity contribution in [3.05, 3.63) is 0 Å². The van der Waals surface area contributed by atoms with E-state index >= 15 is 0 Å². The standard InChI is InChI=1S/C88H172N2O42.2CH5N/c1-3-7-93-11-15-97-19-20-99-17-13-95-9-5-88(92)90-6-10-96-14-18-100-22-24-102-26-28-104-30-32-106-34-36-108-38-40-110-42-44-112-46-48-114-50-52-116-54-56-118-58-60-120-62-64-122-66-68-124-70-72-126-74-76-128-78-80-130-82-84-132-86-85-131-83-81-129-79-77-127-75-73-125-71-69-123-67-65-121-63-61-119-59-57-117-55-53-115-51-49-113-47-45-111-43-41-109-39-37-107-35-33-105-31-29-103-27-25-101-23-21-98-16-12-94-8-4-87(91)89-2;2*1-2/h1H,4-86H2,2H3,(H,89,91)(H,90,92);2*2H2,1H3. The number of hydrogen-bond acceptors (Lipinski definition) is 44. The normalized spacial score (nSPS) is 11.4. The molecule has 0 aromatic rings. The van der Waals surface area contributed by atoms with Gasteiger partial charge in [-0.25, -0.2) is 0 Å². The van der Waals surface area contributed by atoms with Crippen LogP contribution in [0.15, 0.2) is 0 Å². The summed E-state index contributed by atoms with van der Waals surface area (Å²) in [4.78, 5) is 23.0. The van der Waals surface area contributed by atoms with Gasteiger partial charge in [-0.1, -0.05) is 5.92 Å². The lowest BCUT2D eigenvalue weighted by molar-refractivity contribution is -0.123. The van der Waals surface area contributed by atoms with Crippen molar-refractivity contribution in [3.8, 4) is 12.3 Å². The number of ether oxygens (including phenoxy) is 40. The van der Waals surface area contributed by atoms with Crippen LogP contribution >= 0.6 is 0 Å². The van der Waals surface area contributed by atoms with Crippen LogP contribution in [0.2, 0.25) is 0 Å². The van der Waals surface area contributed by atoms with Crippen molar-refractivity contribution in [2.45, 2.75) is 12.8 Å². The highest BCUT2D eigenvalue weighted by Gasteiger charge is 2.07. The molecule has 0 rings (SSSR count). The van der Waals surface area contributed by atoms with E-state index in [0.717, 1.165) is 0 Å². The van der Waals surface area contributed by atoms with Crippen molar-refractivity contribution in [1.29, 1.82) is 0 Å². The number of amides is 2. The summed E-state index contributed by atoms with van der Waals surface area (Å²) in [6, 6.07) is 0. The minimum atomic E-state index is -0.101. The second-order valence-electron chi connectivity index (χ2n) is 26.7. The van der Waals surface area contributed by atoms with Gasteiger partial charge in [-0.3, -0.25) is 9.59 Å². The van der Waals surface area contributed by atoms with Crippen LogP contribution in [0.25, 0.3) is 0 Å². The number of hydrogen-bond donors (Lipinski definition) is 4. The van der Waals surface area contributed by atoms with Crippen LogP contribution in [-0.4, -0.2) is 568 Å². The molecule has 0 aliphatic heterocycles. The Kier molecular flexibility index (Phi) is 137. The average molecular weight is 1990 g/mol. The Morgan fingerprint density at radius 2 is 0.257 bits per heavy atom. The van der Waals surface area contributed by atoms with Crippen molar-refractivity contribution < 1.29 is 199 Å². The molecule has 0 atom stereocenters. The van der Waals surface area contributed by atoms with Crippen molar-refractivity contribution >= 4 is 11.8 Å². The van der Waals surface area contributed by atoms with Gasteiger partial charge in [-0.15, -0.1) is 6.42 Å². The smallest absolute Gasteiger partial charge is 0.222 e. The van der Waals surface area contributed by atoms with E-state index in [1.807, 2.05) is 0 Å². The Bertz CT molecular complexity index is 2130. The molecular formula is C90H182N4O42. The molecule has 0 bridgehead atoms. The summed E-state index contributed by atoms with van der Waals surface area (Å²) in [7, 11) is 4.60. The number of nitrogens with one attached hydrogen (secondary N) is 2. The molecule has 0 aromatic carbocycles. The minimum absolute atomic E-state index is 0.0445. The first-order chi connectivity index (χ1) is 67.7. The van der Waals surface area contributed by atoms with Crippen LogP contribution < -0.4 is 22.1 Å². The summed E-state index contributed by atoms with van der Waals surface area (Å²) in [6.45, 7) is 37.3. The van der Waals surface area contributed by atoms with Crippen LogP contribution in [0.5, 0.6) is 0 Å². The molecular weight excluding hydrogens is 1810 g/mol. The van der Waals surface area contributed by atoms with Crippen LogP contribution in [-0.2, 0) is 199 Å². The first-order valence-corrected chi connectivity index (χ1v) is 47.9. The fourth-order valence-electron chi connectivity index (χ4n) is 9.40. The van der Waals surface area contributed by atoms with Gasteiger partial charge in [-0.05, 0) is 14.1 Å². The summed E-state index contributed by atoms with van der Waals surface area (Å²) in [6.07, 6.45) is 5.71. The lowest BCUT2D eigenvalue weighted by Crippen LogP contribution is -2.28. The van der Waals surface area contributed by atoms with Gasteiger partial charge in [0, 0.05) is 26.4 Å². The third-order valence-electron chi connectivity index (χ3n) is 16.1. The first kappa shape index (κ1) is 137. The molecule has 46 nitrogen and oxygen atoms in total. The summed E-state index contributed by atoms with van der Waals surface area (Å²) in [5.74, 6) is 2.25. The lowest BCUT2D eigenvalue weighted by atomic mass is 10.4. The molecule has 0 aliphatic carbocycles. The van der Waals surface area contributed by atoms with Gasteiger partial charge in [0.25, 0.3) is 0 Å². The summed E-state index contributed by atoms with van der Waals surface area (Å²) < 4.78 is 220. The molecule has 0 spiro atoms. The highest BCUT2D eigenvalue weighted by atomic mass is 16.6. The maximum absolute atomic E-state index is 11.9. The zero-order valence-corrected chi connectivity index (χ0v) is 83.1. The van der Waals surface area contributed by atoms with Crippen molar-refractivity contribution in [1.82, 2.24) is 10.6 Å². The van der Waals surface area contributed by atoms with Gasteiger partial charge in [0.05, 0.1) is 522 Å². The van der Waals surface area contributed by atoms with E-state index in [4.69, 9.17) is 196 Å². The van der Waals surface area contributed by atoms with Crippen LogP contribution in [0.3, 0.4) is 0 Å². The van der Waals surface area contributed by atoms with E-state index in [1.165, 1.54) is 14.1 Å². The summed E-state index contributed by atoms with van der Waals surface area (Å²) in [5, 5.41) is 5.34. The van der Waals surface area contributed by atoms with Gasteiger partial charge >= 0.3 is 0 Å². The molecule has 814 valence electrons. The molecule has 0 fully saturated rings. The molecule has 0 saturated carbocycles. The van der Waals surface area contributed by atoms with Gasteiger partial charge in [0.2, 0.25) is 11.8 Å². The quantitative estimate of drug-likeness (QED) is 0.0422. The molecule has 2 amide bonds. The maximum Gasteiger partial charge on any atom is 0.222 e. The van der Waals surface area contributed by atoms with Crippen molar-refractivity contribution in [3.63, 3.8) is 0 Å². The third kappa shape index (κ3) is 135. The predicted molar refractivity (Wildman–Crippen MR) is 498 cm³/mol. The Labute approximate surface area is 811 Å². The number of carbonyl (C=O) groups excluding carboxylic acids is 2. The minimum Gasteiger partial charge on any atom is -0.379 e. The second-order valence-corrected chi connectivity index (χ2v) is 26.7. The zero-order valence-electron chi connectivity index (χ0n) is 83.1. The molecule has 46 heteroatoms. The average Bonchev–Trinajstić information content (AvgIpc) is 1.04. The van der Waals surface area contributed by atoms with Crippen molar-refractivity contribution in [2.24, 2.45) is 11.5 Å². The Morgan fingerprint density at radius 3 is 0.368 bits per heavy atom. The van der Waals surface area contributed by atoms with Crippen molar-refractivity contribution in [2.75, 3.05) is 556 Å². The largest absolute Gasteiger partial charge is 0.379 e.